The molecule has 1 aromatic rings. The number of rotatable bonds is 3. The van der Waals surface area contributed by atoms with Crippen LogP contribution >= 0.6 is 0 Å². The Bertz CT molecular complexity index is 474. The van der Waals surface area contributed by atoms with Gasteiger partial charge < -0.3 is 10.4 Å². The third kappa shape index (κ3) is 2.27. The van der Waals surface area contributed by atoms with Crippen molar-refractivity contribution >= 4 is 0 Å². The summed E-state index contributed by atoms with van der Waals surface area (Å²) >= 11 is 0. The molecule has 90 valence electrons. The zero-order valence-electron chi connectivity index (χ0n) is 10.5. The number of hydrogen-bond acceptors (Lipinski definition) is 2. The van der Waals surface area contributed by atoms with Gasteiger partial charge in [-0.1, -0.05) is 31.7 Å². The molecule has 0 aliphatic carbocycles. The van der Waals surface area contributed by atoms with Crippen molar-refractivity contribution in [2.75, 3.05) is 0 Å². The van der Waals surface area contributed by atoms with Gasteiger partial charge in [0.2, 0.25) is 0 Å². The molecule has 1 heterocycles. The van der Waals surface area contributed by atoms with E-state index in [4.69, 9.17) is 0 Å². The molecular formula is C15H19NO. The van der Waals surface area contributed by atoms with E-state index in [1.807, 2.05) is 12.1 Å². The van der Waals surface area contributed by atoms with Crippen LogP contribution in [-0.2, 0) is 6.61 Å². The first-order chi connectivity index (χ1) is 8.13. The largest absolute Gasteiger partial charge is 0.392 e. The predicted octanol–water partition coefficient (Wildman–Crippen LogP) is 2.98. The summed E-state index contributed by atoms with van der Waals surface area (Å²) in [6.45, 7) is 8.32. The first-order valence-electron chi connectivity index (χ1n) is 5.96. The highest BCUT2D eigenvalue weighted by atomic mass is 16.3. The molecule has 0 radical (unpaired) electrons. The van der Waals surface area contributed by atoms with Crippen LogP contribution in [0, 0.1) is 6.92 Å². The summed E-state index contributed by atoms with van der Waals surface area (Å²) in [6, 6.07) is 6.13. The van der Waals surface area contributed by atoms with Gasteiger partial charge in [-0.2, -0.15) is 0 Å². The van der Waals surface area contributed by atoms with Crippen molar-refractivity contribution in [1.82, 2.24) is 5.32 Å². The monoisotopic (exact) mass is 229 g/mol. The zero-order chi connectivity index (χ0) is 12.4. The van der Waals surface area contributed by atoms with Gasteiger partial charge in [0.1, 0.15) is 0 Å². The maximum absolute atomic E-state index is 9.29. The van der Waals surface area contributed by atoms with Crippen LogP contribution in [0.15, 0.2) is 42.2 Å². The van der Waals surface area contributed by atoms with Gasteiger partial charge in [-0.05, 0) is 29.2 Å². The summed E-state index contributed by atoms with van der Waals surface area (Å²) in [4.78, 5) is 0. The molecule has 0 spiro atoms. The topological polar surface area (TPSA) is 32.3 Å². The smallest absolute Gasteiger partial charge is 0.0684 e. The molecule has 2 nitrogen and oxygen atoms in total. The lowest BCUT2D eigenvalue weighted by atomic mass is 9.87. The Balaban J connectivity index is 2.31. The van der Waals surface area contributed by atoms with Gasteiger partial charge in [-0.15, -0.1) is 0 Å². The summed E-state index contributed by atoms with van der Waals surface area (Å²) in [5.74, 6) is 0.369. The van der Waals surface area contributed by atoms with Crippen LogP contribution in [0.1, 0.15) is 36.0 Å². The molecule has 1 atom stereocenters. The third-order valence-electron chi connectivity index (χ3n) is 3.56. The van der Waals surface area contributed by atoms with E-state index in [0.29, 0.717) is 5.92 Å². The molecule has 2 heteroatoms. The zero-order valence-corrected chi connectivity index (χ0v) is 10.5. The second-order valence-electron chi connectivity index (χ2n) is 4.66. The molecule has 1 aliphatic rings. The third-order valence-corrected chi connectivity index (χ3v) is 3.56. The van der Waals surface area contributed by atoms with E-state index in [-0.39, 0.29) is 6.61 Å². The maximum atomic E-state index is 9.29. The molecule has 0 fully saturated rings. The van der Waals surface area contributed by atoms with Crippen LogP contribution in [-0.4, -0.2) is 5.11 Å². The minimum Gasteiger partial charge on any atom is -0.392 e. The Morgan fingerprint density at radius 1 is 1.47 bits per heavy atom. The van der Waals surface area contributed by atoms with Crippen LogP contribution in [0.5, 0.6) is 0 Å². The average molecular weight is 229 g/mol. The Hall–Kier alpha value is -1.54. The lowest BCUT2D eigenvalue weighted by Crippen LogP contribution is -2.02. The highest BCUT2D eigenvalue weighted by Crippen LogP contribution is 2.32. The highest BCUT2D eigenvalue weighted by Gasteiger charge is 2.18. The normalized spacial score (nSPS) is 16.6. The Kier molecular flexibility index (Phi) is 3.34. The second-order valence-corrected chi connectivity index (χ2v) is 4.66. The molecule has 1 aromatic carbocycles. The standard InChI is InChI=1S/C15H19NO/c1-10-7-14(8-16-10)12(3)15-6-4-5-13(9-17)11(15)2/h4-6,8,12,16-17H,1,7,9H2,2-3H3/t12-/m0/s1. The molecule has 0 amide bonds. The molecule has 0 saturated carbocycles. The van der Waals surface area contributed by atoms with Crippen molar-refractivity contribution in [2.45, 2.75) is 32.8 Å². The van der Waals surface area contributed by atoms with Crippen LogP contribution in [0.3, 0.4) is 0 Å². The molecule has 2 N–H and O–H groups in total. The molecule has 0 unspecified atom stereocenters. The number of benzene rings is 1. The fraction of sp³-hybridized carbons (Fsp3) is 0.333. The molecule has 1 aliphatic heterocycles. The summed E-state index contributed by atoms with van der Waals surface area (Å²) in [5.41, 5.74) is 5.91. The average Bonchev–Trinajstić information content (AvgIpc) is 2.75. The van der Waals surface area contributed by atoms with Crippen molar-refractivity contribution < 1.29 is 5.11 Å². The van der Waals surface area contributed by atoms with Gasteiger partial charge in [0.15, 0.2) is 0 Å². The van der Waals surface area contributed by atoms with Crippen LogP contribution in [0.25, 0.3) is 0 Å². The van der Waals surface area contributed by atoms with Gasteiger partial charge >= 0.3 is 0 Å². The van der Waals surface area contributed by atoms with Crippen molar-refractivity contribution in [3.63, 3.8) is 0 Å². The van der Waals surface area contributed by atoms with E-state index in [2.05, 4.69) is 38.0 Å². The van der Waals surface area contributed by atoms with Crippen LogP contribution < -0.4 is 5.32 Å². The Morgan fingerprint density at radius 2 is 2.24 bits per heavy atom. The molecule has 0 aromatic heterocycles. The first kappa shape index (κ1) is 11.9. The minimum absolute atomic E-state index is 0.108. The predicted molar refractivity (Wildman–Crippen MR) is 70.5 cm³/mol. The van der Waals surface area contributed by atoms with E-state index in [0.717, 1.165) is 17.7 Å². The number of nitrogens with one attached hydrogen (secondary N) is 1. The molecular weight excluding hydrogens is 210 g/mol. The van der Waals surface area contributed by atoms with Crippen LogP contribution in [0.2, 0.25) is 0 Å². The van der Waals surface area contributed by atoms with Crippen molar-refractivity contribution in [1.29, 1.82) is 0 Å². The van der Waals surface area contributed by atoms with E-state index in [1.165, 1.54) is 16.7 Å². The van der Waals surface area contributed by atoms with Gasteiger partial charge in [0.05, 0.1) is 6.61 Å². The Morgan fingerprint density at radius 3 is 2.82 bits per heavy atom. The number of hydrogen-bond donors (Lipinski definition) is 2. The number of allylic oxidation sites excluding steroid dienone is 1. The fourth-order valence-corrected chi connectivity index (χ4v) is 2.36. The van der Waals surface area contributed by atoms with Gasteiger partial charge in [0, 0.05) is 24.2 Å². The fourth-order valence-electron chi connectivity index (χ4n) is 2.36. The molecule has 0 bridgehead atoms. The van der Waals surface area contributed by atoms with Gasteiger partial charge in [-0.25, -0.2) is 0 Å². The van der Waals surface area contributed by atoms with Gasteiger partial charge in [0.25, 0.3) is 0 Å². The maximum Gasteiger partial charge on any atom is 0.0684 e. The van der Waals surface area contributed by atoms with Crippen molar-refractivity contribution in [3.05, 3.63) is 58.9 Å². The number of aliphatic hydroxyl groups is 1. The van der Waals surface area contributed by atoms with Crippen molar-refractivity contribution in [2.24, 2.45) is 0 Å². The first-order valence-corrected chi connectivity index (χ1v) is 5.96. The van der Waals surface area contributed by atoms with Gasteiger partial charge in [-0.3, -0.25) is 0 Å². The minimum atomic E-state index is 0.108. The summed E-state index contributed by atoms with van der Waals surface area (Å²) in [6.07, 6.45) is 2.97. The van der Waals surface area contributed by atoms with E-state index < -0.39 is 0 Å². The SMILES string of the molecule is C=C1CC([C@H](C)c2cccc(CO)c2C)=CN1. The summed E-state index contributed by atoms with van der Waals surface area (Å²) in [7, 11) is 0. The van der Waals surface area contributed by atoms with E-state index in [9.17, 15) is 5.11 Å². The molecule has 17 heavy (non-hydrogen) atoms. The van der Waals surface area contributed by atoms with Crippen LogP contribution in [0.4, 0.5) is 0 Å². The molecule has 0 saturated heterocycles. The van der Waals surface area contributed by atoms with E-state index in [1.54, 1.807) is 0 Å². The lowest BCUT2D eigenvalue weighted by Gasteiger charge is -2.17. The lowest BCUT2D eigenvalue weighted by molar-refractivity contribution is 0.281. The Labute approximate surface area is 103 Å². The summed E-state index contributed by atoms with van der Waals surface area (Å²) < 4.78 is 0. The van der Waals surface area contributed by atoms with Crippen molar-refractivity contribution in [3.8, 4) is 0 Å². The highest BCUT2D eigenvalue weighted by molar-refractivity contribution is 5.41. The summed E-state index contributed by atoms with van der Waals surface area (Å²) in [5, 5.41) is 12.5. The second kappa shape index (κ2) is 4.76. The van der Waals surface area contributed by atoms with E-state index >= 15 is 0 Å². The quantitative estimate of drug-likeness (QED) is 0.835. The molecule has 2 rings (SSSR count). The number of aliphatic hydroxyl groups excluding tert-OH is 1.